The number of likely N-dealkylation sites (N-methyl/N-ethyl adjacent to an activating group) is 2. The summed E-state index contributed by atoms with van der Waals surface area (Å²) in [5.41, 5.74) is 1.82. The van der Waals surface area contributed by atoms with E-state index in [1.54, 1.807) is 25.2 Å². The molecule has 0 bridgehead atoms. The van der Waals surface area contributed by atoms with Crippen LogP contribution in [0.5, 0.6) is 0 Å². The molecule has 2 aliphatic rings. The molecule has 0 unspecified atom stereocenters. The molecule has 0 aromatic heterocycles. The third kappa shape index (κ3) is 3.15. The minimum Gasteiger partial charge on any atom is -0.456 e. The molecule has 9 heteroatoms. The van der Waals surface area contributed by atoms with Crippen molar-refractivity contribution in [2.45, 2.75) is 6.42 Å². The van der Waals surface area contributed by atoms with E-state index in [2.05, 4.69) is 0 Å². The molecular weight excluding hydrogens is 342 g/mol. The Hall–Kier alpha value is -3.23. The van der Waals surface area contributed by atoms with Crippen LogP contribution in [0.25, 0.3) is 0 Å². The van der Waals surface area contributed by atoms with Crippen molar-refractivity contribution in [2.75, 3.05) is 38.7 Å². The molecule has 136 valence electrons. The molecule has 9 nitrogen and oxygen atoms in total. The number of amides is 4. The van der Waals surface area contributed by atoms with Gasteiger partial charge in [-0.15, -0.1) is 0 Å². The normalized spacial score (nSPS) is 16.4. The standard InChI is InChI=1S/C17H17N3O6/c1-18-7-15(23)20(17(18)25)8-16(24)26-9-13(21)10-3-4-12-11(5-10)6-14(22)19(12)2/h3-5H,6-9H2,1-2H3. The summed E-state index contributed by atoms with van der Waals surface area (Å²) < 4.78 is 4.88. The van der Waals surface area contributed by atoms with Crippen LogP contribution >= 0.6 is 0 Å². The van der Waals surface area contributed by atoms with Crippen LogP contribution in [0.2, 0.25) is 0 Å². The van der Waals surface area contributed by atoms with Gasteiger partial charge in [-0.3, -0.25) is 24.1 Å². The first kappa shape index (κ1) is 17.6. The number of carbonyl (C=O) groups is 5. The van der Waals surface area contributed by atoms with Crippen LogP contribution < -0.4 is 4.90 Å². The van der Waals surface area contributed by atoms with E-state index in [4.69, 9.17) is 4.74 Å². The highest BCUT2D eigenvalue weighted by Crippen LogP contribution is 2.28. The van der Waals surface area contributed by atoms with E-state index >= 15 is 0 Å². The van der Waals surface area contributed by atoms with Gasteiger partial charge in [0.15, 0.2) is 12.4 Å². The number of imide groups is 1. The third-order valence-corrected chi connectivity index (χ3v) is 4.36. The molecule has 2 aliphatic heterocycles. The fraction of sp³-hybridized carbons (Fsp3) is 0.353. The molecule has 1 aromatic carbocycles. The Morgan fingerprint density at radius 1 is 1.12 bits per heavy atom. The van der Waals surface area contributed by atoms with Gasteiger partial charge in [0.1, 0.15) is 13.1 Å². The lowest BCUT2D eigenvalue weighted by atomic mass is 10.1. The smallest absolute Gasteiger partial charge is 0.327 e. The maximum absolute atomic E-state index is 12.2. The number of esters is 1. The summed E-state index contributed by atoms with van der Waals surface area (Å²) in [4.78, 5) is 62.5. The maximum Gasteiger partial charge on any atom is 0.327 e. The lowest BCUT2D eigenvalue weighted by Gasteiger charge is -2.13. The molecule has 2 heterocycles. The van der Waals surface area contributed by atoms with Crippen molar-refractivity contribution in [3.8, 4) is 0 Å². The van der Waals surface area contributed by atoms with Crippen molar-refractivity contribution in [3.63, 3.8) is 0 Å². The number of ketones is 1. The number of fused-ring (bicyclic) bond motifs is 1. The van der Waals surface area contributed by atoms with Crippen molar-refractivity contribution in [3.05, 3.63) is 29.3 Å². The van der Waals surface area contributed by atoms with Crippen LogP contribution in [-0.2, 0) is 25.5 Å². The quantitative estimate of drug-likeness (QED) is 0.411. The fourth-order valence-electron chi connectivity index (χ4n) is 2.87. The number of Topliss-reactive ketones (excluding diaryl/α,β-unsaturated/α-hetero) is 1. The third-order valence-electron chi connectivity index (χ3n) is 4.36. The van der Waals surface area contributed by atoms with Crippen LogP contribution in [0, 0.1) is 0 Å². The number of hydrogen-bond donors (Lipinski definition) is 0. The fourth-order valence-corrected chi connectivity index (χ4v) is 2.87. The largest absolute Gasteiger partial charge is 0.456 e. The zero-order valence-electron chi connectivity index (χ0n) is 14.4. The predicted octanol–water partition coefficient (Wildman–Crippen LogP) is -0.175. The molecule has 1 aromatic rings. The van der Waals surface area contributed by atoms with Crippen molar-refractivity contribution in [1.82, 2.24) is 9.80 Å². The first-order valence-corrected chi connectivity index (χ1v) is 7.91. The molecule has 1 fully saturated rings. The van der Waals surface area contributed by atoms with Gasteiger partial charge in [-0.05, 0) is 23.8 Å². The molecule has 0 N–H and O–H groups in total. The van der Waals surface area contributed by atoms with Gasteiger partial charge in [-0.25, -0.2) is 4.79 Å². The Labute approximate surface area is 149 Å². The lowest BCUT2D eigenvalue weighted by molar-refractivity contribution is -0.145. The van der Waals surface area contributed by atoms with Gasteiger partial charge in [-0.2, -0.15) is 0 Å². The van der Waals surface area contributed by atoms with E-state index < -0.39 is 36.8 Å². The molecule has 0 atom stereocenters. The zero-order chi connectivity index (χ0) is 19.0. The Balaban J connectivity index is 1.57. The maximum atomic E-state index is 12.2. The van der Waals surface area contributed by atoms with Crippen LogP contribution in [-0.4, -0.2) is 73.2 Å². The summed E-state index contributed by atoms with van der Waals surface area (Å²) >= 11 is 0. The van der Waals surface area contributed by atoms with Gasteiger partial charge in [0.2, 0.25) is 5.91 Å². The second kappa shape index (κ2) is 6.58. The average Bonchev–Trinajstić information content (AvgIpc) is 3.02. The summed E-state index contributed by atoms with van der Waals surface area (Å²) in [6, 6.07) is 4.26. The lowest BCUT2D eigenvalue weighted by Crippen LogP contribution is -2.37. The van der Waals surface area contributed by atoms with E-state index in [9.17, 15) is 24.0 Å². The summed E-state index contributed by atoms with van der Waals surface area (Å²) in [5.74, 6) is -1.82. The van der Waals surface area contributed by atoms with Crippen LogP contribution in [0.1, 0.15) is 15.9 Å². The molecule has 0 saturated carbocycles. The highest BCUT2D eigenvalue weighted by Gasteiger charge is 2.35. The van der Waals surface area contributed by atoms with E-state index in [1.165, 1.54) is 16.8 Å². The number of nitrogens with zero attached hydrogens (tertiary/aromatic N) is 3. The zero-order valence-corrected chi connectivity index (χ0v) is 14.4. The molecule has 0 radical (unpaired) electrons. The summed E-state index contributed by atoms with van der Waals surface area (Å²) in [6.45, 7) is -1.13. The molecule has 26 heavy (non-hydrogen) atoms. The van der Waals surface area contributed by atoms with Crippen LogP contribution in [0.4, 0.5) is 10.5 Å². The molecule has 0 spiro atoms. The van der Waals surface area contributed by atoms with Gasteiger partial charge in [0, 0.05) is 25.3 Å². The minimum absolute atomic E-state index is 0.0547. The number of benzene rings is 1. The van der Waals surface area contributed by atoms with Gasteiger partial charge in [-0.1, -0.05) is 0 Å². The van der Waals surface area contributed by atoms with Crippen molar-refractivity contribution in [2.24, 2.45) is 0 Å². The number of rotatable bonds is 5. The Morgan fingerprint density at radius 3 is 2.50 bits per heavy atom. The average molecular weight is 359 g/mol. The minimum atomic E-state index is -0.841. The van der Waals surface area contributed by atoms with E-state index in [0.717, 1.165) is 16.2 Å². The number of hydrogen-bond acceptors (Lipinski definition) is 6. The van der Waals surface area contributed by atoms with E-state index in [-0.39, 0.29) is 18.9 Å². The molecule has 0 aliphatic carbocycles. The molecule has 3 rings (SSSR count). The molecular formula is C17H17N3O6. The number of ether oxygens (including phenoxy) is 1. The summed E-state index contributed by atoms with van der Waals surface area (Å²) in [6.07, 6.45) is 0.222. The van der Waals surface area contributed by atoms with Gasteiger partial charge in [0.25, 0.3) is 5.91 Å². The summed E-state index contributed by atoms with van der Waals surface area (Å²) in [7, 11) is 3.11. The highest BCUT2D eigenvalue weighted by molar-refractivity contribution is 6.05. The Morgan fingerprint density at radius 2 is 1.85 bits per heavy atom. The van der Waals surface area contributed by atoms with Gasteiger partial charge in [0.05, 0.1) is 6.42 Å². The highest BCUT2D eigenvalue weighted by atomic mass is 16.5. The predicted molar refractivity (Wildman–Crippen MR) is 88.6 cm³/mol. The Bertz CT molecular complexity index is 834. The number of carbonyl (C=O) groups excluding carboxylic acids is 5. The van der Waals surface area contributed by atoms with E-state index in [0.29, 0.717) is 5.56 Å². The number of urea groups is 1. The SMILES string of the molecule is CN1CC(=O)N(CC(=O)OCC(=O)c2ccc3c(c2)CC(=O)N3C)C1=O. The second-order valence-corrected chi connectivity index (χ2v) is 6.18. The monoisotopic (exact) mass is 359 g/mol. The molecule has 1 saturated heterocycles. The van der Waals surface area contributed by atoms with Crippen molar-refractivity contribution < 1.29 is 28.7 Å². The Kier molecular flexibility index (Phi) is 4.45. The number of anilines is 1. The second-order valence-electron chi connectivity index (χ2n) is 6.18. The van der Waals surface area contributed by atoms with Crippen LogP contribution in [0.15, 0.2) is 18.2 Å². The van der Waals surface area contributed by atoms with Crippen molar-refractivity contribution in [1.29, 1.82) is 0 Å². The first-order chi connectivity index (χ1) is 12.3. The van der Waals surface area contributed by atoms with Gasteiger partial charge >= 0.3 is 12.0 Å². The van der Waals surface area contributed by atoms with E-state index in [1.807, 2.05) is 0 Å². The topological polar surface area (TPSA) is 104 Å². The summed E-state index contributed by atoms with van der Waals surface area (Å²) in [5, 5.41) is 0. The van der Waals surface area contributed by atoms with Gasteiger partial charge < -0.3 is 14.5 Å². The first-order valence-electron chi connectivity index (χ1n) is 7.91. The van der Waals surface area contributed by atoms with Crippen molar-refractivity contribution >= 4 is 35.3 Å². The van der Waals surface area contributed by atoms with Crippen LogP contribution in [0.3, 0.4) is 0 Å². The molecule has 4 amide bonds.